The maximum Gasteiger partial charge on any atom is 0.158 e. The fraction of sp³-hybridized carbons (Fsp3) is 0.158. The van der Waals surface area contributed by atoms with E-state index in [1.165, 1.54) is 5.56 Å². The summed E-state index contributed by atoms with van der Waals surface area (Å²) in [4.78, 5) is 0. The van der Waals surface area contributed by atoms with Crippen molar-refractivity contribution in [2.45, 2.75) is 13.0 Å². The Bertz CT molecular complexity index is 768. The van der Waals surface area contributed by atoms with Crippen LogP contribution in [0.3, 0.4) is 0 Å². The molecular formula is C19H18Cl2NO+. The summed E-state index contributed by atoms with van der Waals surface area (Å²) in [6.07, 6.45) is 1.05. The van der Waals surface area contributed by atoms with Crippen LogP contribution < -0.4 is 5.32 Å². The zero-order chi connectivity index (χ0) is 16.1. The van der Waals surface area contributed by atoms with Crippen molar-refractivity contribution in [2.75, 3.05) is 6.54 Å². The second kappa shape index (κ2) is 7.69. The van der Waals surface area contributed by atoms with Gasteiger partial charge in [0.15, 0.2) is 5.76 Å². The van der Waals surface area contributed by atoms with E-state index in [4.69, 9.17) is 27.6 Å². The van der Waals surface area contributed by atoms with Crippen LogP contribution in [0.1, 0.15) is 11.3 Å². The van der Waals surface area contributed by atoms with Gasteiger partial charge < -0.3 is 9.73 Å². The van der Waals surface area contributed by atoms with Crippen LogP contribution in [0.25, 0.3) is 11.3 Å². The van der Waals surface area contributed by atoms with Crippen molar-refractivity contribution in [1.82, 2.24) is 0 Å². The van der Waals surface area contributed by atoms with Gasteiger partial charge in [-0.2, -0.15) is 0 Å². The van der Waals surface area contributed by atoms with Gasteiger partial charge >= 0.3 is 0 Å². The number of hydrogen-bond acceptors (Lipinski definition) is 1. The minimum absolute atomic E-state index is 0.642. The highest BCUT2D eigenvalue weighted by Gasteiger charge is 2.10. The second-order valence-corrected chi connectivity index (χ2v) is 6.25. The van der Waals surface area contributed by atoms with E-state index in [2.05, 4.69) is 29.6 Å². The Balaban J connectivity index is 1.56. The quantitative estimate of drug-likeness (QED) is 0.651. The summed E-state index contributed by atoms with van der Waals surface area (Å²) in [5.74, 6) is 1.69. The first-order valence-electron chi connectivity index (χ1n) is 7.62. The maximum atomic E-state index is 6.21. The Kier molecular flexibility index (Phi) is 5.39. The number of quaternary nitrogens is 1. The molecule has 0 saturated heterocycles. The van der Waals surface area contributed by atoms with Crippen molar-refractivity contribution in [3.8, 4) is 11.3 Å². The van der Waals surface area contributed by atoms with Gasteiger partial charge in [-0.15, -0.1) is 0 Å². The molecule has 2 aromatic carbocycles. The number of rotatable bonds is 6. The lowest BCUT2D eigenvalue weighted by atomic mass is 10.1. The van der Waals surface area contributed by atoms with Crippen molar-refractivity contribution in [3.05, 3.63) is 82.0 Å². The van der Waals surface area contributed by atoms with E-state index in [1.54, 1.807) is 12.1 Å². The fourth-order valence-corrected chi connectivity index (χ4v) is 2.86. The first-order chi connectivity index (χ1) is 11.2. The molecule has 0 atom stereocenters. The predicted octanol–water partition coefficient (Wildman–Crippen LogP) is 4.56. The highest BCUT2D eigenvalue weighted by atomic mass is 35.5. The molecule has 4 heteroatoms. The highest BCUT2D eigenvalue weighted by Crippen LogP contribution is 2.31. The summed E-state index contributed by atoms with van der Waals surface area (Å²) in [5, 5.41) is 3.54. The fourth-order valence-electron chi connectivity index (χ4n) is 2.48. The van der Waals surface area contributed by atoms with E-state index < -0.39 is 0 Å². The number of hydrogen-bond donors (Lipinski definition) is 1. The van der Waals surface area contributed by atoms with Crippen molar-refractivity contribution >= 4 is 23.2 Å². The normalized spacial score (nSPS) is 10.9. The molecule has 0 spiro atoms. The van der Waals surface area contributed by atoms with Gasteiger partial charge in [0.1, 0.15) is 12.3 Å². The molecule has 1 aromatic heterocycles. The zero-order valence-corrected chi connectivity index (χ0v) is 14.1. The zero-order valence-electron chi connectivity index (χ0n) is 12.6. The largest absolute Gasteiger partial charge is 0.455 e. The molecule has 0 unspecified atom stereocenters. The van der Waals surface area contributed by atoms with Crippen LogP contribution in [-0.4, -0.2) is 6.54 Å². The third kappa shape index (κ3) is 4.38. The molecule has 0 aliphatic carbocycles. The molecule has 0 radical (unpaired) electrons. The van der Waals surface area contributed by atoms with Crippen LogP contribution in [0.15, 0.2) is 65.1 Å². The highest BCUT2D eigenvalue weighted by molar-refractivity contribution is 6.35. The molecule has 23 heavy (non-hydrogen) atoms. The molecule has 2 N–H and O–H groups in total. The lowest BCUT2D eigenvalue weighted by molar-refractivity contribution is -0.671. The molecular weight excluding hydrogens is 329 g/mol. The number of halogens is 2. The third-order valence-corrected chi connectivity index (χ3v) is 4.25. The van der Waals surface area contributed by atoms with Crippen LogP contribution in [0.4, 0.5) is 0 Å². The standard InChI is InChI=1S/C19H17Cl2NO/c20-15-6-8-18(21)17(12-15)19-9-7-16(23-19)13-22-11-10-14-4-2-1-3-5-14/h1-9,12,22H,10-11,13H2/p+1. The maximum absolute atomic E-state index is 6.21. The van der Waals surface area contributed by atoms with Crippen LogP contribution in [0, 0.1) is 0 Å². The summed E-state index contributed by atoms with van der Waals surface area (Å²) in [6.45, 7) is 1.84. The average molecular weight is 347 g/mol. The van der Waals surface area contributed by atoms with E-state index >= 15 is 0 Å². The van der Waals surface area contributed by atoms with Crippen LogP contribution in [-0.2, 0) is 13.0 Å². The van der Waals surface area contributed by atoms with Gasteiger partial charge in [0.2, 0.25) is 0 Å². The Hall–Kier alpha value is -1.74. The molecule has 0 saturated carbocycles. The van der Waals surface area contributed by atoms with Crippen LogP contribution >= 0.6 is 23.2 Å². The monoisotopic (exact) mass is 346 g/mol. The van der Waals surface area contributed by atoms with E-state index in [0.29, 0.717) is 10.0 Å². The molecule has 0 aliphatic rings. The van der Waals surface area contributed by atoms with Crippen molar-refractivity contribution in [3.63, 3.8) is 0 Å². The number of furan rings is 1. The molecule has 0 aliphatic heterocycles. The first-order valence-corrected chi connectivity index (χ1v) is 8.38. The van der Waals surface area contributed by atoms with Gasteiger partial charge in [-0.3, -0.25) is 0 Å². The van der Waals surface area contributed by atoms with Crippen LogP contribution in [0.2, 0.25) is 10.0 Å². The smallest absolute Gasteiger partial charge is 0.158 e. The topological polar surface area (TPSA) is 29.8 Å². The van der Waals surface area contributed by atoms with E-state index in [1.807, 2.05) is 24.3 Å². The molecule has 3 aromatic rings. The Morgan fingerprint density at radius 3 is 2.57 bits per heavy atom. The van der Waals surface area contributed by atoms with Gasteiger partial charge in [-0.1, -0.05) is 53.5 Å². The Morgan fingerprint density at radius 2 is 1.74 bits per heavy atom. The van der Waals surface area contributed by atoms with E-state index in [-0.39, 0.29) is 0 Å². The molecule has 0 fully saturated rings. The average Bonchev–Trinajstić information content (AvgIpc) is 3.03. The van der Waals surface area contributed by atoms with Crippen molar-refractivity contribution in [1.29, 1.82) is 0 Å². The van der Waals surface area contributed by atoms with Gasteiger partial charge in [-0.05, 0) is 35.9 Å². The van der Waals surface area contributed by atoms with Crippen molar-refractivity contribution in [2.24, 2.45) is 0 Å². The Labute approximate surface area is 146 Å². The summed E-state index contributed by atoms with van der Waals surface area (Å²) in [7, 11) is 0. The van der Waals surface area contributed by atoms with Gasteiger partial charge in [0.05, 0.1) is 11.6 Å². The third-order valence-electron chi connectivity index (χ3n) is 3.68. The Morgan fingerprint density at radius 1 is 0.913 bits per heavy atom. The molecule has 118 valence electrons. The molecule has 3 rings (SSSR count). The SMILES string of the molecule is Clc1ccc(Cl)c(-c2ccc(C[NH2+]CCc3ccccc3)o2)c1. The van der Waals surface area contributed by atoms with E-state index in [9.17, 15) is 0 Å². The second-order valence-electron chi connectivity index (χ2n) is 5.41. The lowest BCUT2D eigenvalue weighted by Gasteiger charge is -2.02. The summed E-state index contributed by atoms with van der Waals surface area (Å²) in [6, 6.07) is 19.8. The molecule has 0 amide bonds. The number of nitrogens with two attached hydrogens (primary N) is 1. The lowest BCUT2D eigenvalue weighted by Crippen LogP contribution is -2.83. The van der Waals surface area contributed by atoms with Crippen molar-refractivity contribution < 1.29 is 9.73 Å². The van der Waals surface area contributed by atoms with Gasteiger partial charge in [0.25, 0.3) is 0 Å². The van der Waals surface area contributed by atoms with Crippen LogP contribution in [0.5, 0.6) is 0 Å². The van der Waals surface area contributed by atoms with Gasteiger partial charge in [0, 0.05) is 17.0 Å². The first kappa shape index (κ1) is 16.1. The van der Waals surface area contributed by atoms with E-state index in [0.717, 1.165) is 36.6 Å². The number of benzene rings is 2. The summed E-state index contributed by atoms with van der Waals surface area (Å²) < 4.78 is 5.88. The molecule has 2 nitrogen and oxygen atoms in total. The minimum Gasteiger partial charge on any atom is -0.455 e. The predicted molar refractivity (Wildman–Crippen MR) is 94.8 cm³/mol. The summed E-state index contributed by atoms with van der Waals surface area (Å²) in [5.41, 5.74) is 2.18. The van der Waals surface area contributed by atoms with Gasteiger partial charge in [-0.25, -0.2) is 0 Å². The minimum atomic E-state index is 0.642. The molecule has 1 heterocycles. The summed E-state index contributed by atoms with van der Waals surface area (Å²) >= 11 is 12.2. The molecule has 0 bridgehead atoms.